The summed E-state index contributed by atoms with van der Waals surface area (Å²) in [4.78, 5) is 4.18. The number of thiophene rings is 3. The minimum absolute atomic E-state index is 1.18. The minimum atomic E-state index is 1.18. The summed E-state index contributed by atoms with van der Waals surface area (Å²) in [5, 5.41) is 7.04. The standard InChI is InChI=1S/C72H96S3/c1-7-13-19-25-31-55-37-40-61(49-58(55)34-28-22-16-10-4)70-67(43-46-73-70)64-52-65(68-44-47-74-71(68)62-41-38-56(32-26-20-14-8-2)59(50-62)35-29-23-17-11-5)54-66(53-64)69-45-48-75-72(69)63-42-39-57(33-27-21-15-9-3)60(51-63)36-30-24-18-12-6/h37-54H,7-36H2,1-6H3. The quantitative estimate of drug-likeness (QED) is 0.0344. The van der Waals surface area contributed by atoms with E-state index in [1.807, 2.05) is 34.0 Å². The lowest BCUT2D eigenvalue weighted by atomic mass is 9.89. The van der Waals surface area contributed by atoms with E-state index in [4.69, 9.17) is 0 Å². The highest BCUT2D eigenvalue weighted by molar-refractivity contribution is 7.15. The molecule has 7 aromatic rings. The number of aryl methyl sites for hydroxylation is 6. The molecule has 3 heterocycles. The summed E-state index contributed by atoms with van der Waals surface area (Å²) in [5.41, 5.74) is 21.6. The van der Waals surface area contributed by atoms with Crippen LogP contribution in [0.25, 0.3) is 64.7 Å². The zero-order valence-electron chi connectivity index (χ0n) is 47.8. The maximum Gasteiger partial charge on any atom is 0.0421 e. The third-order valence-electron chi connectivity index (χ3n) is 16.1. The molecule has 0 aliphatic heterocycles. The van der Waals surface area contributed by atoms with Crippen molar-refractivity contribution in [2.75, 3.05) is 0 Å². The molecular formula is C72H96S3. The second-order valence-corrected chi connectivity index (χ2v) is 24.9. The van der Waals surface area contributed by atoms with Gasteiger partial charge in [0.2, 0.25) is 0 Å². The molecule has 0 aliphatic rings. The Morgan fingerprint density at radius 2 is 0.467 bits per heavy atom. The van der Waals surface area contributed by atoms with Crippen molar-refractivity contribution in [1.82, 2.24) is 0 Å². The fourth-order valence-corrected chi connectivity index (χ4v) is 14.3. The Labute approximate surface area is 470 Å². The Kier molecular flexibility index (Phi) is 25.5. The van der Waals surface area contributed by atoms with E-state index in [9.17, 15) is 0 Å². The fourth-order valence-electron chi connectivity index (χ4n) is 11.6. The largest absolute Gasteiger partial charge is 0.143 e. The number of benzene rings is 4. The molecule has 0 radical (unpaired) electrons. The smallest absolute Gasteiger partial charge is 0.0421 e. The van der Waals surface area contributed by atoms with Gasteiger partial charge in [0.05, 0.1) is 0 Å². The van der Waals surface area contributed by atoms with Crippen LogP contribution in [0.5, 0.6) is 0 Å². The van der Waals surface area contributed by atoms with Crippen LogP contribution in [-0.2, 0) is 38.5 Å². The van der Waals surface area contributed by atoms with Crippen molar-refractivity contribution in [3.8, 4) is 64.7 Å². The van der Waals surface area contributed by atoms with Crippen LogP contribution in [0.3, 0.4) is 0 Å². The van der Waals surface area contributed by atoms with E-state index in [0.29, 0.717) is 0 Å². The van der Waals surface area contributed by atoms with Gasteiger partial charge in [-0.2, -0.15) is 0 Å². The molecule has 7 rings (SSSR count). The van der Waals surface area contributed by atoms with E-state index >= 15 is 0 Å². The summed E-state index contributed by atoms with van der Waals surface area (Å²) in [7, 11) is 0. The number of unbranched alkanes of at least 4 members (excludes halogenated alkanes) is 18. The van der Waals surface area contributed by atoms with Crippen molar-refractivity contribution >= 4 is 34.0 Å². The molecule has 0 amide bonds. The molecule has 75 heavy (non-hydrogen) atoms. The molecule has 0 aliphatic carbocycles. The maximum atomic E-state index is 2.59. The summed E-state index contributed by atoms with van der Waals surface area (Å²) >= 11 is 5.76. The Bertz CT molecular complexity index is 2410. The minimum Gasteiger partial charge on any atom is -0.143 e. The average molecular weight is 1060 g/mol. The van der Waals surface area contributed by atoms with Crippen LogP contribution in [0, 0.1) is 0 Å². The van der Waals surface area contributed by atoms with Crippen LogP contribution in [0.1, 0.15) is 229 Å². The van der Waals surface area contributed by atoms with E-state index in [1.165, 1.54) is 257 Å². The zero-order valence-corrected chi connectivity index (χ0v) is 50.3. The summed E-state index contributed by atoms with van der Waals surface area (Å²) in [6.45, 7) is 14.0. The van der Waals surface area contributed by atoms with Crippen LogP contribution in [0.4, 0.5) is 0 Å². The molecule has 0 saturated heterocycles. The number of rotatable bonds is 36. The monoisotopic (exact) mass is 1060 g/mol. The molecule has 0 spiro atoms. The predicted octanol–water partition coefficient (Wildman–Crippen LogP) is 24.6. The van der Waals surface area contributed by atoms with Gasteiger partial charge in [-0.15, -0.1) is 34.0 Å². The van der Waals surface area contributed by atoms with Gasteiger partial charge in [0.1, 0.15) is 0 Å². The van der Waals surface area contributed by atoms with E-state index in [-0.39, 0.29) is 0 Å². The summed E-state index contributed by atoms with van der Waals surface area (Å²) in [6.07, 6.45) is 38.4. The Morgan fingerprint density at radius 1 is 0.227 bits per heavy atom. The molecule has 0 unspecified atom stereocenters. The van der Waals surface area contributed by atoms with E-state index in [2.05, 4.69) is 149 Å². The molecule has 0 fully saturated rings. The highest BCUT2D eigenvalue weighted by Crippen LogP contribution is 2.46. The van der Waals surface area contributed by atoms with Crippen molar-refractivity contribution in [3.63, 3.8) is 0 Å². The highest BCUT2D eigenvalue weighted by Gasteiger charge is 2.20. The molecule has 3 heteroatoms. The SMILES string of the molecule is CCCCCCc1ccc(-c2sccc2-c2cc(-c3ccsc3-c3ccc(CCCCCC)c(CCCCCC)c3)cc(-c3ccsc3-c3ccc(CCCCCC)c(CCCCCC)c3)c2)cc1CCCCCC. The summed E-state index contributed by atoms with van der Waals surface area (Å²) in [5.74, 6) is 0. The van der Waals surface area contributed by atoms with Crippen molar-refractivity contribution < 1.29 is 0 Å². The molecule has 0 bridgehead atoms. The van der Waals surface area contributed by atoms with Crippen molar-refractivity contribution in [2.45, 2.75) is 234 Å². The summed E-state index contributed by atoms with van der Waals surface area (Å²) in [6, 6.07) is 37.5. The van der Waals surface area contributed by atoms with Crippen LogP contribution >= 0.6 is 34.0 Å². The van der Waals surface area contributed by atoms with Gasteiger partial charge in [-0.05, 0) is 196 Å². The van der Waals surface area contributed by atoms with Gasteiger partial charge in [-0.1, -0.05) is 212 Å². The van der Waals surface area contributed by atoms with Gasteiger partial charge in [0.15, 0.2) is 0 Å². The topological polar surface area (TPSA) is 0 Å². The maximum absolute atomic E-state index is 2.59. The van der Waals surface area contributed by atoms with Gasteiger partial charge in [0, 0.05) is 31.3 Å². The molecular weight excluding hydrogens is 961 g/mol. The Morgan fingerprint density at radius 3 is 0.707 bits per heavy atom. The van der Waals surface area contributed by atoms with Gasteiger partial charge in [0.25, 0.3) is 0 Å². The van der Waals surface area contributed by atoms with Crippen molar-refractivity contribution in [2.24, 2.45) is 0 Å². The van der Waals surface area contributed by atoms with Crippen LogP contribution in [-0.4, -0.2) is 0 Å². The molecule has 0 saturated carbocycles. The molecule has 0 nitrogen and oxygen atoms in total. The first-order valence-electron chi connectivity index (χ1n) is 30.7. The first kappa shape index (κ1) is 58.7. The van der Waals surface area contributed by atoms with Gasteiger partial charge >= 0.3 is 0 Å². The van der Waals surface area contributed by atoms with Crippen LogP contribution < -0.4 is 0 Å². The fraction of sp³-hybridized carbons (Fsp3) is 0.500. The molecule has 3 aromatic heterocycles. The van der Waals surface area contributed by atoms with Gasteiger partial charge in [-0.25, -0.2) is 0 Å². The Balaban J connectivity index is 1.33. The lowest BCUT2D eigenvalue weighted by Crippen LogP contribution is -1.97. The van der Waals surface area contributed by atoms with Crippen molar-refractivity contribution in [3.05, 3.63) is 141 Å². The highest BCUT2D eigenvalue weighted by atomic mass is 32.1. The normalized spacial score (nSPS) is 11.6. The molecule has 0 N–H and O–H groups in total. The van der Waals surface area contributed by atoms with Gasteiger partial charge in [-0.3, -0.25) is 0 Å². The first-order valence-corrected chi connectivity index (χ1v) is 33.4. The van der Waals surface area contributed by atoms with Crippen molar-refractivity contribution in [1.29, 1.82) is 0 Å². The molecule has 402 valence electrons. The number of hydrogen-bond donors (Lipinski definition) is 0. The molecule has 0 atom stereocenters. The number of hydrogen-bond acceptors (Lipinski definition) is 3. The van der Waals surface area contributed by atoms with Gasteiger partial charge < -0.3 is 0 Å². The average Bonchev–Trinajstić information content (AvgIpc) is 4.25. The third-order valence-corrected chi connectivity index (χ3v) is 19.0. The van der Waals surface area contributed by atoms with Crippen LogP contribution in [0.15, 0.2) is 107 Å². The zero-order chi connectivity index (χ0) is 52.5. The lowest BCUT2D eigenvalue weighted by molar-refractivity contribution is 0.651. The summed E-state index contributed by atoms with van der Waals surface area (Å²) < 4.78 is 0. The predicted molar refractivity (Wildman–Crippen MR) is 340 cm³/mol. The Hall–Kier alpha value is -4.02. The first-order chi connectivity index (χ1) is 37.0. The van der Waals surface area contributed by atoms with E-state index < -0.39 is 0 Å². The van der Waals surface area contributed by atoms with Crippen LogP contribution in [0.2, 0.25) is 0 Å². The third kappa shape index (κ3) is 17.2. The molecule has 4 aromatic carbocycles. The van der Waals surface area contributed by atoms with E-state index in [0.717, 1.165) is 0 Å². The second kappa shape index (κ2) is 32.7. The lowest BCUT2D eigenvalue weighted by Gasteiger charge is -2.16. The van der Waals surface area contributed by atoms with E-state index in [1.54, 1.807) is 33.4 Å². The second-order valence-electron chi connectivity index (χ2n) is 22.1.